The van der Waals surface area contributed by atoms with Crippen molar-refractivity contribution < 1.29 is 9.53 Å². The van der Waals surface area contributed by atoms with Gasteiger partial charge in [0.1, 0.15) is 22.9 Å². The molecule has 1 aliphatic rings. The van der Waals surface area contributed by atoms with Gasteiger partial charge in [-0.3, -0.25) is 4.79 Å². The molecule has 8 heteroatoms. The summed E-state index contributed by atoms with van der Waals surface area (Å²) in [6, 6.07) is 20.0. The smallest absolute Gasteiger partial charge is 0.230 e. The van der Waals surface area contributed by atoms with Crippen LogP contribution < -0.4 is 19.9 Å². The van der Waals surface area contributed by atoms with Gasteiger partial charge in [-0.25, -0.2) is 9.97 Å². The van der Waals surface area contributed by atoms with E-state index in [9.17, 15) is 4.79 Å². The molecule has 1 N–H and O–H groups in total. The maximum atomic E-state index is 12.2. The maximum Gasteiger partial charge on any atom is 0.230 e. The fraction of sp³-hybridized carbons (Fsp3) is 0.292. The van der Waals surface area contributed by atoms with Crippen molar-refractivity contribution >= 4 is 29.2 Å². The Labute approximate surface area is 192 Å². The summed E-state index contributed by atoms with van der Waals surface area (Å²) in [5, 5.41) is 3.76. The van der Waals surface area contributed by atoms with E-state index < -0.39 is 0 Å². The second-order valence-corrected chi connectivity index (χ2v) is 8.43. The summed E-state index contributed by atoms with van der Waals surface area (Å²) in [6.07, 6.45) is 1.58. The van der Waals surface area contributed by atoms with Gasteiger partial charge in [-0.1, -0.05) is 42.1 Å². The number of hydrogen-bond acceptors (Lipinski definition) is 7. The molecule has 0 spiro atoms. The molecule has 1 amide bonds. The third-order valence-electron chi connectivity index (χ3n) is 5.35. The minimum atomic E-state index is -0.00730. The number of ether oxygens (including phenoxy) is 1. The van der Waals surface area contributed by atoms with Crippen LogP contribution in [-0.2, 0) is 11.3 Å². The summed E-state index contributed by atoms with van der Waals surface area (Å²) in [5.74, 6) is 2.09. The molecule has 1 saturated heterocycles. The molecule has 0 bridgehead atoms. The monoisotopic (exact) mass is 449 g/mol. The zero-order valence-electron chi connectivity index (χ0n) is 18.1. The molecule has 2 aromatic carbocycles. The molecule has 0 saturated carbocycles. The van der Waals surface area contributed by atoms with Gasteiger partial charge in [-0.15, -0.1) is 0 Å². The molecule has 1 aromatic heterocycles. The van der Waals surface area contributed by atoms with E-state index >= 15 is 0 Å². The van der Waals surface area contributed by atoms with Gasteiger partial charge in [0.05, 0.1) is 12.9 Å². The number of piperazine rings is 1. The second kappa shape index (κ2) is 10.9. The predicted octanol–water partition coefficient (Wildman–Crippen LogP) is 3.22. The van der Waals surface area contributed by atoms with Crippen LogP contribution in [0.15, 0.2) is 72.0 Å². The number of benzene rings is 2. The van der Waals surface area contributed by atoms with E-state index in [1.165, 1.54) is 17.4 Å². The number of anilines is 2. The molecule has 4 rings (SSSR count). The van der Waals surface area contributed by atoms with E-state index in [0.29, 0.717) is 12.3 Å². The Morgan fingerprint density at radius 2 is 1.72 bits per heavy atom. The van der Waals surface area contributed by atoms with Gasteiger partial charge in [0.25, 0.3) is 0 Å². The summed E-state index contributed by atoms with van der Waals surface area (Å²) in [6.45, 7) is 4.13. The minimum Gasteiger partial charge on any atom is -0.497 e. The molecular weight excluding hydrogens is 422 g/mol. The number of nitrogens with one attached hydrogen (secondary N) is 1. The molecule has 2 heterocycles. The highest BCUT2D eigenvalue weighted by Gasteiger charge is 2.19. The fourth-order valence-electron chi connectivity index (χ4n) is 3.56. The lowest BCUT2D eigenvalue weighted by Crippen LogP contribution is -2.46. The van der Waals surface area contributed by atoms with Gasteiger partial charge in [0.15, 0.2) is 0 Å². The Morgan fingerprint density at radius 3 is 2.44 bits per heavy atom. The largest absolute Gasteiger partial charge is 0.497 e. The first-order valence-corrected chi connectivity index (χ1v) is 11.6. The van der Waals surface area contributed by atoms with Crippen LogP contribution in [0.5, 0.6) is 5.75 Å². The van der Waals surface area contributed by atoms with Crippen molar-refractivity contribution in [1.82, 2.24) is 15.3 Å². The number of methoxy groups -OCH3 is 1. The highest BCUT2D eigenvalue weighted by Crippen LogP contribution is 2.24. The van der Waals surface area contributed by atoms with E-state index in [4.69, 9.17) is 4.74 Å². The standard InChI is InChI=1S/C24H27N5O2S/c1-31-21-9-7-20(8-10-21)28-11-13-29(14-12-28)22-15-24(27-18-26-22)32-17-23(30)25-16-19-5-3-2-4-6-19/h2-10,15,18H,11-14,16-17H2,1H3,(H,25,30). The van der Waals surface area contributed by atoms with E-state index in [2.05, 4.69) is 37.2 Å². The van der Waals surface area contributed by atoms with Crippen LogP contribution in [0.1, 0.15) is 5.56 Å². The Bertz CT molecular complexity index is 1010. The first-order chi connectivity index (χ1) is 15.7. The zero-order valence-corrected chi connectivity index (χ0v) is 18.9. The van der Waals surface area contributed by atoms with Crippen molar-refractivity contribution in [1.29, 1.82) is 0 Å². The van der Waals surface area contributed by atoms with Gasteiger partial charge in [0.2, 0.25) is 5.91 Å². The Morgan fingerprint density at radius 1 is 1.00 bits per heavy atom. The van der Waals surface area contributed by atoms with Crippen LogP contribution in [0.25, 0.3) is 0 Å². The normalized spacial score (nSPS) is 13.7. The topological polar surface area (TPSA) is 70.6 Å². The molecule has 166 valence electrons. The van der Waals surface area contributed by atoms with Crippen LogP contribution in [0, 0.1) is 0 Å². The third-order valence-corrected chi connectivity index (χ3v) is 6.28. The van der Waals surface area contributed by atoms with Crippen LogP contribution in [0.4, 0.5) is 11.5 Å². The Hall–Kier alpha value is -3.26. The maximum absolute atomic E-state index is 12.2. The number of carbonyl (C=O) groups is 1. The molecular formula is C24H27N5O2S. The molecule has 32 heavy (non-hydrogen) atoms. The minimum absolute atomic E-state index is 0.00730. The van der Waals surface area contributed by atoms with E-state index in [1.54, 1.807) is 13.4 Å². The molecule has 1 aliphatic heterocycles. The predicted molar refractivity (Wildman–Crippen MR) is 128 cm³/mol. The van der Waals surface area contributed by atoms with Gasteiger partial charge in [0, 0.05) is 44.5 Å². The summed E-state index contributed by atoms with van der Waals surface area (Å²) < 4.78 is 5.24. The van der Waals surface area contributed by atoms with Crippen molar-refractivity contribution in [3.63, 3.8) is 0 Å². The van der Waals surface area contributed by atoms with Crippen molar-refractivity contribution in [3.8, 4) is 5.75 Å². The fourth-order valence-corrected chi connectivity index (χ4v) is 4.25. The van der Waals surface area contributed by atoms with E-state index in [0.717, 1.165) is 48.3 Å². The number of rotatable bonds is 8. The first kappa shape index (κ1) is 22.0. The third kappa shape index (κ3) is 5.91. The number of hydrogen-bond donors (Lipinski definition) is 1. The van der Waals surface area contributed by atoms with Crippen LogP contribution in [0.3, 0.4) is 0 Å². The average molecular weight is 450 g/mol. The van der Waals surface area contributed by atoms with Crippen molar-refractivity contribution in [2.75, 3.05) is 48.8 Å². The van der Waals surface area contributed by atoms with Gasteiger partial charge < -0.3 is 19.9 Å². The molecule has 1 fully saturated rings. The van der Waals surface area contributed by atoms with Gasteiger partial charge in [-0.05, 0) is 29.8 Å². The highest BCUT2D eigenvalue weighted by atomic mass is 32.2. The van der Waals surface area contributed by atoms with Gasteiger partial charge in [-0.2, -0.15) is 0 Å². The lowest BCUT2D eigenvalue weighted by Gasteiger charge is -2.36. The molecule has 0 atom stereocenters. The molecule has 7 nitrogen and oxygen atoms in total. The Kier molecular flexibility index (Phi) is 7.45. The SMILES string of the molecule is COc1ccc(N2CCN(c3cc(SCC(=O)NCc4ccccc4)ncn3)CC2)cc1. The number of aromatic nitrogens is 2. The molecule has 0 unspecified atom stereocenters. The number of carbonyl (C=O) groups excluding carboxylic acids is 1. The Balaban J connectivity index is 1.26. The average Bonchev–Trinajstić information content (AvgIpc) is 2.87. The van der Waals surface area contributed by atoms with Crippen LogP contribution in [0.2, 0.25) is 0 Å². The quantitative estimate of drug-likeness (QED) is 0.418. The summed E-state index contributed by atoms with van der Waals surface area (Å²) >= 11 is 1.43. The van der Waals surface area contributed by atoms with Crippen molar-refractivity contribution in [3.05, 3.63) is 72.6 Å². The molecule has 0 radical (unpaired) electrons. The number of amides is 1. The van der Waals surface area contributed by atoms with Crippen molar-refractivity contribution in [2.45, 2.75) is 11.6 Å². The number of nitrogens with zero attached hydrogens (tertiary/aromatic N) is 4. The first-order valence-electron chi connectivity index (χ1n) is 10.6. The lowest BCUT2D eigenvalue weighted by molar-refractivity contribution is -0.118. The second-order valence-electron chi connectivity index (χ2n) is 7.44. The summed E-state index contributed by atoms with van der Waals surface area (Å²) in [7, 11) is 1.68. The lowest BCUT2D eigenvalue weighted by atomic mass is 10.2. The van der Waals surface area contributed by atoms with Gasteiger partial charge >= 0.3 is 0 Å². The summed E-state index contributed by atoms with van der Waals surface area (Å²) in [4.78, 5) is 25.6. The summed E-state index contributed by atoms with van der Waals surface area (Å²) in [5.41, 5.74) is 2.29. The zero-order chi connectivity index (χ0) is 22.2. The molecule has 0 aliphatic carbocycles. The van der Waals surface area contributed by atoms with Crippen LogP contribution >= 0.6 is 11.8 Å². The van der Waals surface area contributed by atoms with E-state index in [1.807, 2.05) is 48.5 Å². The van der Waals surface area contributed by atoms with E-state index in [-0.39, 0.29) is 5.91 Å². The molecule has 3 aromatic rings. The van der Waals surface area contributed by atoms with Crippen LogP contribution in [-0.4, -0.2) is 54.9 Å². The highest BCUT2D eigenvalue weighted by molar-refractivity contribution is 7.99. The number of thioether (sulfide) groups is 1. The van der Waals surface area contributed by atoms with Crippen molar-refractivity contribution in [2.24, 2.45) is 0 Å².